The monoisotopic (exact) mass is 266 g/mol. The molecule has 0 spiro atoms. The summed E-state index contributed by atoms with van der Waals surface area (Å²) in [4.78, 5) is 11.2. The lowest BCUT2D eigenvalue weighted by molar-refractivity contribution is 0.0695. The molecular weight excluding hydrogens is 252 g/mol. The molecule has 0 unspecified atom stereocenters. The van der Waals surface area contributed by atoms with Crippen molar-refractivity contribution < 1.29 is 9.90 Å². The number of hydrogen-bond acceptors (Lipinski definition) is 2. The van der Waals surface area contributed by atoms with Gasteiger partial charge in [0, 0.05) is 5.39 Å². The van der Waals surface area contributed by atoms with Gasteiger partial charge in [-0.1, -0.05) is 24.3 Å². The molecule has 3 rings (SSSR count). The fourth-order valence-corrected chi connectivity index (χ4v) is 2.68. The Labute approximate surface area is 116 Å². The molecule has 0 amide bonds. The van der Waals surface area contributed by atoms with Crippen LogP contribution >= 0.6 is 0 Å². The summed E-state index contributed by atoms with van der Waals surface area (Å²) in [6.07, 6.45) is 1.79. The first-order chi connectivity index (χ1) is 9.58. The normalized spacial score (nSPS) is 10.9. The summed E-state index contributed by atoms with van der Waals surface area (Å²) in [7, 11) is 0. The molecule has 0 fully saturated rings. The maximum atomic E-state index is 11.2. The number of nitrogens with one attached hydrogen (secondary N) is 1. The summed E-state index contributed by atoms with van der Waals surface area (Å²) in [5, 5.41) is 17.3. The highest BCUT2D eigenvalue weighted by Crippen LogP contribution is 2.30. The van der Waals surface area contributed by atoms with Crippen LogP contribution in [0.3, 0.4) is 0 Å². The van der Waals surface area contributed by atoms with Gasteiger partial charge in [-0.15, -0.1) is 0 Å². The number of fused-ring (bicyclic) bond motifs is 1. The van der Waals surface area contributed by atoms with Crippen molar-refractivity contribution in [1.82, 2.24) is 10.2 Å². The molecule has 0 aliphatic heterocycles. The topological polar surface area (TPSA) is 66.0 Å². The Hall–Kier alpha value is -2.62. The van der Waals surface area contributed by atoms with E-state index in [1.54, 1.807) is 6.20 Å². The van der Waals surface area contributed by atoms with Crippen LogP contribution in [0.4, 0.5) is 0 Å². The Bertz CT molecular complexity index is 795. The Morgan fingerprint density at radius 1 is 1.20 bits per heavy atom. The molecule has 2 aromatic carbocycles. The van der Waals surface area contributed by atoms with Crippen molar-refractivity contribution in [2.24, 2.45) is 0 Å². The minimum absolute atomic E-state index is 0.383. The highest BCUT2D eigenvalue weighted by atomic mass is 16.4. The van der Waals surface area contributed by atoms with Gasteiger partial charge in [0.25, 0.3) is 0 Å². The van der Waals surface area contributed by atoms with E-state index in [1.165, 1.54) is 0 Å². The first-order valence-electron chi connectivity index (χ1n) is 6.35. The highest BCUT2D eigenvalue weighted by molar-refractivity contribution is 5.96. The third kappa shape index (κ3) is 1.86. The summed E-state index contributed by atoms with van der Waals surface area (Å²) >= 11 is 0. The minimum atomic E-state index is -0.881. The van der Waals surface area contributed by atoms with Gasteiger partial charge >= 0.3 is 5.97 Å². The summed E-state index contributed by atoms with van der Waals surface area (Å²) < 4.78 is 0. The van der Waals surface area contributed by atoms with Gasteiger partial charge in [-0.2, -0.15) is 5.10 Å². The van der Waals surface area contributed by atoms with Crippen LogP contribution in [0.1, 0.15) is 21.5 Å². The Kier molecular flexibility index (Phi) is 2.79. The predicted molar refractivity (Wildman–Crippen MR) is 78.0 cm³/mol. The predicted octanol–water partition coefficient (Wildman–Crippen LogP) is 3.54. The molecular formula is C16H14N2O2. The molecule has 0 saturated carbocycles. The number of carbonyl (C=O) groups is 1. The number of aromatic amines is 1. The molecule has 1 heterocycles. The average molecular weight is 266 g/mol. The second-order valence-corrected chi connectivity index (χ2v) is 4.93. The molecule has 0 radical (unpaired) electrons. The molecule has 0 saturated heterocycles. The van der Waals surface area contributed by atoms with Crippen LogP contribution in [0, 0.1) is 13.8 Å². The number of rotatable bonds is 2. The molecule has 100 valence electrons. The quantitative estimate of drug-likeness (QED) is 0.745. The van der Waals surface area contributed by atoms with Gasteiger partial charge < -0.3 is 5.11 Å². The first kappa shape index (κ1) is 12.4. The molecule has 4 nitrogen and oxygen atoms in total. The van der Waals surface area contributed by atoms with E-state index in [0.717, 1.165) is 33.2 Å². The number of aromatic nitrogens is 2. The zero-order valence-electron chi connectivity index (χ0n) is 11.3. The van der Waals surface area contributed by atoms with Crippen molar-refractivity contribution in [2.45, 2.75) is 13.8 Å². The number of aryl methyl sites for hydroxylation is 2. The van der Waals surface area contributed by atoms with Gasteiger partial charge in [-0.25, -0.2) is 4.79 Å². The molecule has 20 heavy (non-hydrogen) atoms. The van der Waals surface area contributed by atoms with Gasteiger partial charge in [-0.05, 0) is 42.2 Å². The lowest BCUT2D eigenvalue weighted by Gasteiger charge is -2.10. The zero-order chi connectivity index (χ0) is 14.3. The van der Waals surface area contributed by atoms with E-state index in [9.17, 15) is 9.90 Å². The lowest BCUT2D eigenvalue weighted by Crippen LogP contribution is -2.03. The van der Waals surface area contributed by atoms with Crippen LogP contribution in [0.25, 0.3) is 22.0 Å². The third-order valence-corrected chi connectivity index (χ3v) is 3.54. The summed E-state index contributed by atoms with van der Waals surface area (Å²) in [6, 6.07) is 9.78. The van der Waals surface area contributed by atoms with Crippen LogP contribution in [0.5, 0.6) is 0 Å². The van der Waals surface area contributed by atoms with E-state index >= 15 is 0 Å². The van der Waals surface area contributed by atoms with Crippen molar-refractivity contribution in [1.29, 1.82) is 0 Å². The molecule has 2 N–H and O–H groups in total. The van der Waals surface area contributed by atoms with Crippen molar-refractivity contribution in [3.8, 4) is 11.1 Å². The highest BCUT2D eigenvalue weighted by Gasteiger charge is 2.13. The first-order valence-corrected chi connectivity index (χ1v) is 6.35. The van der Waals surface area contributed by atoms with Crippen LogP contribution in [0.2, 0.25) is 0 Å². The largest absolute Gasteiger partial charge is 0.478 e. The second-order valence-electron chi connectivity index (χ2n) is 4.93. The molecule has 0 aliphatic rings. The SMILES string of the molecule is Cc1cc(-c2cccc3[nH]ncc23)cc(C)c1C(=O)O. The maximum Gasteiger partial charge on any atom is 0.336 e. The smallest absolute Gasteiger partial charge is 0.336 e. The van der Waals surface area contributed by atoms with E-state index in [4.69, 9.17) is 0 Å². The number of aromatic carboxylic acids is 1. The lowest BCUT2D eigenvalue weighted by atomic mass is 9.94. The van der Waals surface area contributed by atoms with Crippen molar-refractivity contribution in [2.75, 3.05) is 0 Å². The van der Waals surface area contributed by atoms with Crippen molar-refractivity contribution >= 4 is 16.9 Å². The molecule has 4 heteroatoms. The fourth-order valence-electron chi connectivity index (χ4n) is 2.68. The summed E-state index contributed by atoms with van der Waals surface area (Å²) in [6.45, 7) is 3.66. The Morgan fingerprint density at radius 3 is 2.55 bits per heavy atom. The molecule has 3 aromatic rings. The van der Waals surface area contributed by atoms with E-state index in [-0.39, 0.29) is 0 Å². The Morgan fingerprint density at radius 2 is 1.90 bits per heavy atom. The summed E-state index contributed by atoms with van der Waals surface area (Å²) in [5.74, 6) is -0.881. The Balaban J connectivity index is 2.25. The molecule has 0 atom stereocenters. The van der Waals surface area contributed by atoms with Gasteiger partial charge in [0.2, 0.25) is 0 Å². The van der Waals surface area contributed by atoms with Gasteiger partial charge in [0.1, 0.15) is 0 Å². The van der Waals surface area contributed by atoms with E-state index < -0.39 is 5.97 Å². The van der Waals surface area contributed by atoms with Gasteiger partial charge in [-0.3, -0.25) is 5.10 Å². The fraction of sp³-hybridized carbons (Fsp3) is 0.125. The number of hydrogen-bond donors (Lipinski definition) is 2. The molecule has 0 bridgehead atoms. The minimum Gasteiger partial charge on any atom is -0.478 e. The second kappa shape index (κ2) is 4.49. The van der Waals surface area contributed by atoms with Crippen LogP contribution in [-0.2, 0) is 0 Å². The molecule has 0 aliphatic carbocycles. The number of benzene rings is 2. The van der Waals surface area contributed by atoms with Gasteiger partial charge in [0.15, 0.2) is 0 Å². The van der Waals surface area contributed by atoms with Crippen LogP contribution < -0.4 is 0 Å². The number of carboxylic acids is 1. The standard InChI is InChI=1S/C16H14N2O2/c1-9-6-11(7-10(2)15(9)16(19)20)12-4-3-5-14-13(12)8-17-18-14/h3-8H,1-2H3,(H,17,18)(H,19,20). The van der Waals surface area contributed by atoms with Crippen LogP contribution in [-0.4, -0.2) is 21.3 Å². The third-order valence-electron chi connectivity index (χ3n) is 3.54. The molecule has 1 aromatic heterocycles. The zero-order valence-corrected chi connectivity index (χ0v) is 11.3. The van der Waals surface area contributed by atoms with Crippen LogP contribution in [0.15, 0.2) is 36.5 Å². The maximum absolute atomic E-state index is 11.2. The number of carboxylic acid groups (broad SMARTS) is 1. The number of H-pyrrole nitrogens is 1. The number of nitrogens with zero attached hydrogens (tertiary/aromatic N) is 1. The average Bonchev–Trinajstić information content (AvgIpc) is 2.85. The van der Waals surface area contributed by atoms with E-state index in [1.807, 2.05) is 44.2 Å². The van der Waals surface area contributed by atoms with E-state index in [2.05, 4.69) is 10.2 Å². The van der Waals surface area contributed by atoms with Gasteiger partial charge in [0.05, 0.1) is 17.3 Å². The van der Waals surface area contributed by atoms with E-state index in [0.29, 0.717) is 5.56 Å². The van der Waals surface area contributed by atoms with Crippen molar-refractivity contribution in [3.63, 3.8) is 0 Å². The summed E-state index contributed by atoms with van der Waals surface area (Å²) in [5.41, 5.74) is 4.96. The van der Waals surface area contributed by atoms with Crippen molar-refractivity contribution in [3.05, 3.63) is 53.2 Å².